The van der Waals surface area contributed by atoms with Crippen LogP contribution in [0.15, 0.2) is 6.07 Å². The molecule has 0 bridgehead atoms. The van der Waals surface area contributed by atoms with E-state index in [1.807, 2.05) is 6.92 Å². The van der Waals surface area contributed by atoms with Crippen LogP contribution in [0.2, 0.25) is 0 Å². The highest BCUT2D eigenvalue weighted by Gasteiger charge is 2.30. The number of aromatic hydroxyl groups is 1. The summed E-state index contributed by atoms with van der Waals surface area (Å²) in [5.74, 6) is -0.853. The van der Waals surface area contributed by atoms with Gasteiger partial charge in [-0.1, -0.05) is 13.3 Å². The summed E-state index contributed by atoms with van der Waals surface area (Å²) in [6.07, 6.45) is 1.32. The van der Waals surface area contributed by atoms with Gasteiger partial charge in [-0.05, 0) is 37.8 Å². The molecule has 1 heterocycles. The van der Waals surface area contributed by atoms with Crippen molar-refractivity contribution in [1.82, 2.24) is 0 Å². The van der Waals surface area contributed by atoms with Gasteiger partial charge < -0.3 is 14.9 Å². The number of phenols is 1. The van der Waals surface area contributed by atoms with Crippen molar-refractivity contribution in [2.24, 2.45) is 0 Å². The summed E-state index contributed by atoms with van der Waals surface area (Å²) >= 11 is 0. The SMILES string of the molecule is CCCc1c(O)c(C(C)=O)cc2c1OC(C(=O)O)CC2. The lowest BCUT2D eigenvalue weighted by Gasteiger charge is -2.26. The minimum Gasteiger partial charge on any atom is -0.507 e. The van der Waals surface area contributed by atoms with Crippen LogP contribution in [0, 0.1) is 0 Å². The molecular weight excluding hydrogens is 260 g/mol. The maximum atomic E-state index is 11.6. The maximum Gasteiger partial charge on any atom is 0.344 e. The summed E-state index contributed by atoms with van der Waals surface area (Å²) in [6.45, 7) is 3.35. The first-order valence-corrected chi connectivity index (χ1v) is 6.73. The van der Waals surface area contributed by atoms with Gasteiger partial charge in [0.2, 0.25) is 0 Å². The average Bonchev–Trinajstić information content (AvgIpc) is 2.40. The molecule has 2 rings (SSSR count). The van der Waals surface area contributed by atoms with Crippen LogP contribution in [0.25, 0.3) is 0 Å². The Labute approximate surface area is 117 Å². The fourth-order valence-electron chi connectivity index (χ4n) is 2.52. The van der Waals surface area contributed by atoms with Crippen LogP contribution in [0.3, 0.4) is 0 Å². The van der Waals surface area contributed by atoms with Gasteiger partial charge in [-0.25, -0.2) is 4.79 Å². The molecule has 5 heteroatoms. The molecule has 0 spiro atoms. The third kappa shape index (κ3) is 2.48. The van der Waals surface area contributed by atoms with E-state index in [4.69, 9.17) is 9.84 Å². The normalized spacial score (nSPS) is 17.2. The molecule has 20 heavy (non-hydrogen) atoms. The van der Waals surface area contributed by atoms with Gasteiger partial charge in [-0.3, -0.25) is 4.79 Å². The average molecular weight is 278 g/mol. The Kier molecular flexibility index (Phi) is 3.97. The number of aryl methyl sites for hydroxylation is 1. The Morgan fingerprint density at radius 2 is 2.15 bits per heavy atom. The molecule has 1 atom stereocenters. The van der Waals surface area contributed by atoms with Gasteiger partial charge in [0.1, 0.15) is 11.5 Å². The Hall–Kier alpha value is -2.04. The smallest absolute Gasteiger partial charge is 0.344 e. The maximum absolute atomic E-state index is 11.6. The number of hydrogen-bond donors (Lipinski definition) is 2. The number of rotatable bonds is 4. The van der Waals surface area contributed by atoms with Gasteiger partial charge in [0, 0.05) is 5.56 Å². The number of carboxylic acid groups (broad SMARTS) is 1. The summed E-state index contributed by atoms with van der Waals surface area (Å²) in [6, 6.07) is 1.62. The number of carbonyl (C=O) groups excluding carboxylic acids is 1. The summed E-state index contributed by atoms with van der Waals surface area (Å²) < 4.78 is 5.52. The zero-order chi connectivity index (χ0) is 14.9. The van der Waals surface area contributed by atoms with E-state index in [0.717, 1.165) is 12.0 Å². The molecule has 1 aliphatic rings. The molecular formula is C15H18O5. The first-order chi connectivity index (χ1) is 9.45. The van der Waals surface area contributed by atoms with Crippen molar-refractivity contribution in [3.63, 3.8) is 0 Å². The molecule has 0 aliphatic carbocycles. The molecule has 1 aromatic carbocycles. The Morgan fingerprint density at radius 3 is 2.70 bits per heavy atom. The van der Waals surface area contributed by atoms with Crippen LogP contribution in [0.1, 0.15) is 48.2 Å². The summed E-state index contributed by atoms with van der Waals surface area (Å²) in [7, 11) is 0. The van der Waals surface area contributed by atoms with Crippen LogP contribution in [-0.2, 0) is 17.6 Å². The highest BCUT2D eigenvalue weighted by atomic mass is 16.5. The van der Waals surface area contributed by atoms with Crippen LogP contribution in [0.5, 0.6) is 11.5 Å². The third-order valence-electron chi connectivity index (χ3n) is 3.52. The van der Waals surface area contributed by atoms with E-state index in [1.54, 1.807) is 6.07 Å². The van der Waals surface area contributed by atoms with E-state index < -0.39 is 12.1 Å². The van der Waals surface area contributed by atoms with Crippen molar-refractivity contribution >= 4 is 11.8 Å². The first-order valence-electron chi connectivity index (χ1n) is 6.73. The number of fused-ring (bicyclic) bond motifs is 1. The monoisotopic (exact) mass is 278 g/mol. The minimum atomic E-state index is -1.01. The second-order valence-electron chi connectivity index (χ2n) is 5.03. The number of carboxylic acids is 1. The predicted molar refractivity (Wildman–Crippen MR) is 72.5 cm³/mol. The van der Waals surface area contributed by atoms with Crippen LogP contribution in [-0.4, -0.2) is 28.1 Å². The zero-order valence-corrected chi connectivity index (χ0v) is 11.6. The number of phenolic OH excluding ortho intramolecular Hbond substituents is 1. The fraction of sp³-hybridized carbons (Fsp3) is 0.467. The number of ketones is 1. The predicted octanol–water partition coefficient (Wildman–Crippen LogP) is 2.33. The minimum absolute atomic E-state index is 0.0795. The molecule has 0 fully saturated rings. The largest absolute Gasteiger partial charge is 0.507 e. The number of carbonyl (C=O) groups is 2. The summed E-state index contributed by atoms with van der Waals surface area (Å²) in [5.41, 5.74) is 1.62. The van der Waals surface area contributed by atoms with Gasteiger partial charge in [0.25, 0.3) is 0 Å². The standard InChI is InChI=1S/C15H18O5/c1-3-4-10-13(17)11(8(2)16)7-9-5-6-12(15(18)19)20-14(9)10/h7,12,17H,3-6H2,1-2H3,(H,18,19). The molecule has 5 nitrogen and oxygen atoms in total. The van der Waals surface area contributed by atoms with Crippen molar-refractivity contribution in [3.8, 4) is 11.5 Å². The highest BCUT2D eigenvalue weighted by molar-refractivity contribution is 5.98. The Bertz CT molecular complexity index is 562. The molecule has 1 aromatic rings. The molecule has 2 N–H and O–H groups in total. The molecule has 0 aromatic heterocycles. The second kappa shape index (κ2) is 5.53. The fourth-order valence-corrected chi connectivity index (χ4v) is 2.52. The highest BCUT2D eigenvalue weighted by Crippen LogP contribution is 2.40. The van der Waals surface area contributed by atoms with Crippen LogP contribution < -0.4 is 4.74 Å². The molecule has 0 amide bonds. The molecule has 1 unspecified atom stereocenters. The van der Waals surface area contributed by atoms with Crippen LogP contribution >= 0.6 is 0 Å². The van der Waals surface area contributed by atoms with Gasteiger partial charge in [0.05, 0.1) is 5.56 Å². The van der Waals surface area contributed by atoms with Crippen molar-refractivity contribution in [2.45, 2.75) is 45.6 Å². The van der Waals surface area contributed by atoms with Crippen molar-refractivity contribution < 1.29 is 24.5 Å². The van der Waals surface area contributed by atoms with Crippen molar-refractivity contribution in [3.05, 3.63) is 22.8 Å². The summed E-state index contributed by atoms with van der Waals surface area (Å²) in [4.78, 5) is 22.6. The topological polar surface area (TPSA) is 83.8 Å². The molecule has 108 valence electrons. The summed E-state index contributed by atoms with van der Waals surface area (Å²) in [5, 5.41) is 19.3. The molecule has 1 aliphatic heterocycles. The lowest BCUT2D eigenvalue weighted by atomic mass is 9.92. The van der Waals surface area contributed by atoms with Gasteiger partial charge in [0.15, 0.2) is 11.9 Å². The van der Waals surface area contributed by atoms with E-state index in [0.29, 0.717) is 30.6 Å². The van der Waals surface area contributed by atoms with E-state index in [1.165, 1.54) is 6.92 Å². The lowest BCUT2D eigenvalue weighted by molar-refractivity contribution is -0.145. The van der Waals surface area contributed by atoms with Crippen molar-refractivity contribution in [1.29, 1.82) is 0 Å². The lowest BCUT2D eigenvalue weighted by Crippen LogP contribution is -2.31. The van der Waals surface area contributed by atoms with Crippen molar-refractivity contribution in [2.75, 3.05) is 0 Å². The third-order valence-corrected chi connectivity index (χ3v) is 3.52. The van der Waals surface area contributed by atoms with Crippen LogP contribution in [0.4, 0.5) is 0 Å². The number of hydrogen-bond acceptors (Lipinski definition) is 4. The molecule has 0 saturated heterocycles. The Morgan fingerprint density at radius 1 is 1.45 bits per heavy atom. The molecule has 0 radical (unpaired) electrons. The van der Waals surface area contributed by atoms with E-state index >= 15 is 0 Å². The van der Waals surface area contributed by atoms with E-state index in [2.05, 4.69) is 0 Å². The number of Topliss-reactive ketones (excluding diaryl/α,β-unsaturated/α-hetero) is 1. The van der Waals surface area contributed by atoms with Gasteiger partial charge in [-0.2, -0.15) is 0 Å². The number of benzene rings is 1. The van der Waals surface area contributed by atoms with Gasteiger partial charge in [-0.15, -0.1) is 0 Å². The Balaban J connectivity index is 2.55. The number of ether oxygens (including phenoxy) is 1. The second-order valence-corrected chi connectivity index (χ2v) is 5.03. The zero-order valence-electron chi connectivity index (χ0n) is 11.6. The number of aliphatic carboxylic acids is 1. The first kappa shape index (κ1) is 14.4. The van der Waals surface area contributed by atoms with E-state index in [9.17, 15) is 14.7 Å². The quantitative estimate of drug-likeness (QED) is 0.826. The van der Waals surface area contributed by atoms with E-state index in [-0.39, 0.29) is 17.1 Å². The molecule has 0 saturated carbocycles. The van der Waals surface area contributed by atoms with Gasteiger partial charge >= 0.3 is 5.97 Å².